The van der Waals surface area contributed by atoms with Crippen molar-refractivity contribution in [1.82, 2.24) is 0 Å². The molecule has 20 heavy (non-hydrogen) atoms. The molecule has 2 nitrogen and oxygen atoms in total. The number of nitriles is 1. The van der Waals surface area contributed by atoms with Gasteiger partial charge in [-0.15, -0.1) is 0 Å². The number of hydrogen-bond acceptors (Lipinski definition) is 2. The van der Waals surface area contributed by atoms with Crippen LogP contribution in [0.4, 0.5) is 18.9 Å². The van der Waals surface area contributed by atoms with Crippen molar-refractivity contribution in [3.05, 3.63) is 29.3 Å². The first-order chi connectivity index (χ1) is 9.32. The summed E-state index contributed by atoms with van der Waals surface area (Å²) in [6.45, 7) is 4.94. The first-order valence-electron chi connectivity index (χ1n) is 6.71. The minimum absolute atomic E-state index is 0.301. The average molecular weight is 282 g/mol. The fourth-order valence-electron chi connectivity index (χ4n) is 2.30. The molecule has 0 amide bonds. The summed E-state index contributed by atoms with van der Waals surface area (Å²) < 4.78 is 38.4. The van der Waals surface area contributed by atoms with Gasteiger partial charge in [0.25, 0.3) is 0 Å². The summed E-state index contributed by atoms with van der Waals surface area (Å²) in [6.07, 6.45) is -2.35. The van der Waals surface area contributed by atoms with Crippen LogP contribution in [0.1, 0.15) is 37.8 Å². The molecule has 2 rings (SSSR count). The molecule has 0 spiro atoms. The molecule has 1 aromatic carbocycles. The Morgan fingerprint density at radius 3 is 2.45 bits per heavy atom. The summed E-state index contributed by atoms with van der Waals surface area (Å²) in [5, 5.41) is 8.96. The Balaban J connectivity index is 2.35. The molecule has 0 N–H and O–H groups in total. The topological polar surface area (TPSA) is 27.0 Å². The van der Waals surface area contributed by atoms with Crippen LogP contribution in [0.15, 0.2) is 18.2 Å². The van der Waals surface area contributed by atoms with Gasteiger partial charge < -0.3 is 4.90 Å². The van der Waals surface area contributed by atoms with Crippen LogP contribution in [0.2, 0.25) is 0 Å². The van der Waals surface area contributed by atoms with Crippen LogP contribution in [-0.4, -0.2) is 12.6 Å². The first kappa shape index (κ1) is 14.7. The van der Waals surface area contributed by atoms with Crippen LogP contribution < -0.4 is 4.90 Å². The highest BCUT2D eigenvalue weighted by atomic mass is 19.4. The number of halogens is 3. The van der Waals surface area contributed by atoms with E-state index in [2.05, 4.69) is 18.7 Å². The highest BCUT2D eigenvalue weighted by Crippen LogP contribution is 2.37. The molecule has 0 saturated heterocycles. The van der Waals surface area contributed by atoms with Crippen LogP contribution in [0.3, 0.4) is 0 Å². The van der Waals surface area contributed by atoms with Crippen molar-refractivity contribution >= 4 is 5.69 Å². The Bertz CT molecular complexity index is 525. The van der Waals surface area contributed by atoms with E-state index in [0.29, 0.717) is 17.6 Å². The summed E-state index contributed by atoms with van der Waals surface area (Å²) in [7, 11) is 0. The maximum Gasteiger partial charge on any atom is 0.417 e. The predicted octanol–water partition coefficient (Wildman–Crippen LogP) is 4.20. The van der Waals surface area contributed by atoms with Gasteiger partial charge in [-0.05, 0) is 37.0 Å². The fraction of sp³-hybridized carbons (Fsp3) is 0.533. The van der Waals surface area contributed by atoms with Crippen LogP contribution in [0.5, 0.6) is 0 Å². The summed E-state index contributed by atoms with van der Waals surface area (Å²) in [5.74, 6) is 0.420. The zero-order valence-electron chi connectivity index (χ0n) is 11.5. The molecule has 0 unspecified atom stereocenters. The number of alkyl halides is 3. The van der Waals surface area contributed by atoms with Crippen molar-refractivity contribution in [2.75, 3.05) is 11.4 Å². The Morgan fingerprint density at radius 2 is 2.00 bits per heavy atom. The van der Waals surface area contributed by atoms with Gasteiger partial charge in [-0.25, -0.2) is 0 Å². The Morgan fingerprint density at radius 1 is 1.35 bits per heavy atom. The van der Waals surface area contributed by atoms with Crippen LogP contribution >= 0.6 is 0 Å². The second-order valence-electron chi connectivity index (χ2n) is 5.62. The molecule has 1 aromatic rings. The lowest BCUT2D eigenvalue weighted by Crippen LogP contribution is -2.30. The summed E-state index contributed by atoms with van der Waals surface area (Å²) in [6, 6.07) is 5.93. The van der Waals surface area contributed by atoms with E-state index >= 15 is 0 Å². The smallest absolute Gasteiger partial charge is 0.368 e. The molecule has 5 heteroatoms. The molecule has 0 bridgehead atoms. The zero-order chi connectivity index (χ0) is 14.9. The average Bonchev–Trinajstić information content (AvgIpc) is 3.18. The molecular weight excluding hydrogens is 265 g/mol. The monoisotopic (exact) mass is 282 g/mol. The Kier molecular flexibility index (Phi) is 3.94. The minimum atomic E-state index is -4.48. The van der Waals surface area contributed by atoms with E-state index in [4.69, 9.17) is 5.26 Å². The maximum absolute atomic E-state index is 12.8. The van der Waals surface area contributed by atoms with Crippen molar-refractivity contribution in [2.24, 2.45) is 5.92 Å². The molecule has 1 aliphatic carbocycles. The molecule has 1 fully saturated rings. The quantitative estimate of drug-likeness (QED) is 0.827. The molecular formula is C15H17F3N2. The Hall–Kier alpha value is -1.70. The summed E-state index contributed by atoms with van der Waals surface area (Å²) >= 11 is 0. The number of benzene rings is 1. The van der Waals surface area contributed by atoms with Gasteiger partial charge in [0.2, 0.25) is 0 Å². The van der Waals surface area contributed by atoms with E-state index in [1.165, 1.54) is 12.1 Å². The van der Waals surface area contributed by atoms with E-state index in [-0.39, 0.29) is 5.56 Å². The van der Waals surface area contributed by atoms with E-state index in [9.17, 15) is 13.2 Å². The minimum Gasteiger partial charge on any atom is -0.368 e. The van der Waals surface area contributed by atoms with E-state index in [1.54, 1.807) is 6.07 Å². The lowest BCUT2D eigenvalue weighted by atomic mass is 10.1. The third-order valence-corrected chi connectivity index (χ3v) is 3.31. The third-order valence-electron chi connectivity index (χ3n) is 3.31. The van der Waals surface area contributed by atoms with Crippen molar-refractivity contribution in [1.29, 1.82) is 5.26 Å². The SMILES string of the molecule is CC(C)CN(c1ccc(C(F)(F)F)c(C#N)c1)C1CC1. The van der Waals surface area contributed by atoms with Crippen LogP contribution in [0, 0.1) is 17.2 Å². The highest BCUT2D eigenvalue weighted by molar-refractivity contribution is 5.56. The highest BCUT2D eigenvalue weighted by Gasteiger charge is 2.35. The van der Waals surface area contributed by atoms with E-state index in [1.807, 2.05) is 0 Å². The molecule has 0 radical (unpaired) electrons. The molecule has 1 saturated carbocycles. The first-order valence-corrected chi connectivity index (χ1v) is 6.71. The summed E-state index contributed by atoms with van der Waals surface area (Å²) in [5.41, 5.74) is -0.445. The number of anilines is 1. The number of hydrogen-bond donors (Lipinski definition) is 0. The zero-order valence-corrected chi connectivity index (χ0v) is 11.5. The lowest BCUT2D eigenvalue weighted by Gasteiger charge is -2.27. The standard InChI is InChI=1S/C15H17F3N2/c1-10(2)9-20(12-3-4-12)13-5-6-14(15(16,17)18)11(7-13)8-19/h5-7,10,12H,3-4,9H2,1-2H3. The largest absolute Gasteiger partial charge is 0.417 e. The maximum atomic E-state index is 12.8. The molecule has 0 aliphatic heterocycles. The van der Waals surface area contributed by atoms with Gasteiger partial charge in [0.1, 0.15) is 0 Å². The van der Waals surface area contributed by atoms with Gasteiger partial charge in [0.15, 0.2) is 0 Å². The number of nitrogens with zero attached hydrogens (tertiary/aromatic N) is 2. The third kappa shape index (κ3) is 3.24. The van der Waals surface area contributed by atoms with Gasteiger partial charge in [0, 0.05) is 18.3 Å². The van der Waals surface area contributed by atoms with Gasteiger partial charge in [0.05, 0.1) is 17.2 Å². The molecule has 1 aliphatic rings. The van der Waals surface area contributed by atoms with Gasteiger partial charge in [-0.2, -0.15) is 18.4 Å². The lowest BCUT2D eigenvalue weighted by molar-refractivity contribution is -0.137. The van der Waals surface area contributed by atoms with Crippen LogP contribution in [0.25, 0.3) is 0 Å². The molecule has 0 aromatic heterocycles. The number of rotatable bonds is 4. The van der Waals surface area contributed by atoms with Crippen molar-refractivity contribution in [3.8, 4) is 6.07 Å². The molecule has 0 atom stereocenters. The molecule has 0 heterocycles. The Labute approximate surface area is 116 Å². The second-order valence-corrected chi connectivity index (χ2v) is 5.62. The van der Waals surface area contributed by atoms with E-state index < -0.39 is 11.7 Å². The van der Waals surface area contributed by atoms with Crippen molar-refractivity contribution in [3.63, 3.8) is 0 Å². The fourth-order valence-corrected chi connectivity index (χ4v) is 2.30. The second kappa shape index (κ2) is 5.35. The van der Waals surface area contributed by atoms with Crippen molar-refractivity contribution < 1.29 is 13.2 Å². The van der Waals surface area contributed by atoms with Gasteiger partial charge >= 0.3 is 6.18 Å². The predicted molar refractivity (Wildman–Crippen MR) is 71.4 cm³/mol. The van der Waals surface area contributed by atoms with Crippen molar-refractivity contribution in [2.45, 2.75) is 38.9 Å². The van der Waals surface area contributed by atoms with Crippen LogP contribution in [-0.2, 0) is 6.18 Å². The summed E-state index contributed by atoms with van der Waals surface area (Å²) in [4.78, 5) is 2.12. The molecule has 108 valence electrons. The van der Waals surface area contributed by atoms with Gasteiger partial charge in [-0.1, -0.05) is 13.8 Å². The van der Waals surface area contributed by atoms with E-state index in [0.717, 1.165) is 25.5 Å². The van der Waals surface area contributed by atoms with Gasteiger partial charge in [-0.3, -0.25) is 0 Å². The normalized spacial score (nSPS) is 15.2.